The van der Waals surface area contributed by atoms with Gasteiger partial charge in [-0.2, -0.15) is 5.26 Å². The number of nitriles is 1. The van der Waals surface area contributed by atoms with Gasteiger partial charge in [-0.3, -0.25) is 0 Å². The maximum absolute atomic E-state index is 9.28. The van der Waals surface area contributed by atoms with Crippen molar-refractivity contribution in [2.45, 2.75) is 25.4 Å². The molecule has 0 N–H and O–H groups in total. The number of hydrogen-bond donors (Lipinski definition) is 0. The van der Waals surface area contributed by atoms with Crippen LogP contribution in [0, 0.1) is 11.3 Å². The Bertz CT molecular complexity index is 712. The van der Waals surface area contributed by atoms with E-state index in [2.05, 4.69) is 25.9 Å². The lowest BCUT2D eigenvalue weighted by molar-refractivity contribution is 0.177. The van der Waals surface area contributed by atoms with Crippen LogP contribution in [0.2, 0.25) is 0 Å². The van der Waals surface area contributed by atoms with E-state index in [9.17, 15) is 5.26 Å². The number of piperidine rings is 1. The molecule has 0 unspecified atom stereocenters. The fourth-order valence-corrected chi connectivity index (χ4v) is 2.99. The van der Waals surface area contributed by atoms with E-state index in [1.165, 1.54) is 0 Å². The lowest BCUT2D eigenvalue weighted by atomic mass is 9.94. The molecule has 1 fully saturated rings. The maximum Gasteiger partial charge on any atom is 0.154 e. The molecule has 1 saturated heterocycles. The lowest BCUT2D eigenvalue weighted by Gasteiger charge is -2.33. The first kappa shape index (κ1) is 15.4. The molecule has 3 rings (SSSR count). The average Bonchev–Trinajstić information content (AvgIpc) is 2.62. The minimum Gasteiger partial charge on any atom is -0.377 e. The van der Waals surface area contributed by atoms with Crippen molar-refractivity contribution >= 4 is 5.82 Å². The molecule has 1 aliphatic rings. The van der Waals surface area contributed by atoms with Crippen molar-refractivity contribution in [2.75, 3.05) is 25.1 Å². The molecular weight excluding hydrogens is 290 g/mol. The minimum atomic E-state index is 0.316. The van der Waals surface area contributed by atoms with Crippen LogP contribution in [-0.2, 0) is 11.3 Å². The fraction of sp³-hybridized carbons (Fsp3) is 0.412. The Hall–Kier alpha value is -2.52. The van der Waals surface area contributed by atoms with Gasteiger partial charge in [-0.15, -0.1) is 0 Å². The summed E-state index contributed by atoms with van der Waals surface area (Å²) < 4.78 is 5.11. The zero-order chi connectivity index (χ0) is 16.1. The number of methoxy groups -OCH3 is 1. The summed E-state index contributed by atoms with van der Waals surface area (Å²) in [6.45, 7) is 2.15. The molecular formula is C17H19N5O. The molecule has 6 nitrogen and oxygen atoms in total. The van der Waals surface area contributed by atoms with Gasteiger partial charge in [-0.25, -0.2) is 15.0 Å². The SMILES string of the molecule is COCc1nccc([C@H]2CCCN(c3ncccc3C#N)C2)n1. The van der Waals surface area contributed by atoms with Crippen LogP contribution in [0.3, 0.4) is 0 Å². The van der Waals surface area contributed by atoms with Crippen LogP contribution in [0.25, 0.3) is 0 Å². The Morgan fingerprint density at radius 3 is 3.09 bits per heavy atom. The van der Waals surface area contributed by atoms with Gasteiger partial charge in [0, 0.05) is 44.2 Å². The summed E-state index contributed by atoms with van der Waals surface area (Å²) in [5.41, 5.74) is 1.65. The predicted octanol–water partition coefficient (Wildman–Crippen LogP) is 2.27. The quantitative estimate of drug-likeness (QED) is 0.862. The smallest absolute Gasteiger partial charge is 0.154 e. The van der Waals surface area contributed by atoms with E-state index in [-0.39, 0.29) is 0 Å². The highest BCUT2D eigenvalue weighted by atomic mass is 16.5. The largest absolute Gasteiger partial charge is 0.377 e. The summed E-state index contributed by atoms with van der Waals surface area (Å²) in [6.07, 6.45) is 5.66. The molecule has 1 aliphatic heterocycles. The minimum absolute atomic E-state index is 0.316. The Morgan fingerprint density at radius 2 is 2.26 bits per heavy atom. The Labute approximate surface area is 135 Å². The topological polar surface area (TPSA) is 74.9 Å². The van der Waals surface area contributed by atoms with Crippen LogP contribution < -0.4 is 4.90 Å². The summed E-state index contributed by atoms with van der Waals surface area (Å²) in [5.74, 6) is 1.79. The van der Waals surface area contributed by atoms with Gasteiger partial charge in [0.25, 0.3) is 0 Å². The lowest BCUT2D eigenvalue weighted by Crippen LogP contribution is -2.35. The molecule has 0 radical (unpaired) electrons. The van der Waals surface area contributed by atoms with E-state index < -0.39 is 0 Å². The second-order valence-corrected chi connectivity index (χ2v) is 5.60. The van der Waals surface area contributed by atoms with Crippen molar-refractivity contribution in [3.8, 4) is 6.07 Å². The second-order valence-electron chi connectivity index (χ2n) is 5.60. The number of pyridine rings is 1. The third-order valence-corrected chi connectivity index (χ3v) is 4.05. The molecule has 3 heterocycles. The van der Waals surface area contributed by atoms with Gasteiger partial charge < -0.3 is 9.64 Å². The van der Waals surface area contributed by atoms with Crippen molar-refractivity contribution in [1.29, 1.82) is 5.26 Å². The molecule has 0 bridgehead atoms. The van der Waals surface area contributed by atoms with Gasteiger partial charge in [-0.1, -0.05) is 0 Å². The molecule has 0 amide bonds. The fourth-order valence-electron chi connectivity index (χ4n) is 2.99. The standard InChI is InChI=1S/C17H19N5O/c1-23-12-16-19-8-6-15(21-16)14-5-3-9-22(11-14)17-13(10-18)4-2-7-20-17/h2,4,6-8,14H,3,5,9,11-12H2,1H3/t14-/m0/s1. The summed E-state index contributed by atoms with van der Waals surface area (Å²) >= 11 is 0. The van der Waals surface area contributed by atoms with E-state index in [4.69, 9.17) is 4.74 Å². The molecule has 23 heavy (non-hydrogen) atoms. The summed E-state index contributed by atoms with van der Waals surface area (Å²) in [4.78, 5) is 15.4. The number of anilines is 1. The van der Waals surface area contributed by atoms with Gasteiger partial charge in [0.1, 0.15) is 18.5 Å². The number of rotatable bonds is 4. The highest BCUT2D eigenvalue weighted by Crippen LogP contribution is 2.29. The Balaban J connectivity index is 1.81. The van der Waals surface area contributed by atoms with Crippen molar-refractivity contribution < 1.29 is 4.74 Å². The molecule has 0 aromatic carbocycles. The van der Waals surface area contributed by atoms with E-state index in [1.54, 1.807) is 25.6 Å². The van der Waals surface area contributed by atoms with Crippen LogP contribution in [0.5, 0.6) is 0 Å². The van der Waals surface area contributed by atoms with E-state index in [0.29, 0.717) is 23.9 Å². The molecule has 0 aliphatic carbocycles. The van der Waals surface area contributed by atoms with Gasteiger partial charge in [0.2, 0.25) is 0 Å². The Kier molecular flexibility index (Phi) is 4.79. The van der Waals surface area contributed by atoms with Crippen molar-refractivity contribution in [3.63, 3.8) is 0 Å². The van der Waals surface area contributed by atoms with Crippen molar-refractivity contribution in [3.05, 3.63) is 47.7 Å². The molecule has 2 aromatic heterocycles. The number of aromatic nitrogens is 3. The van der Waals surface area contributed by atoms with Crippen LogP contribution in [0.1, 0.15) is 35.8 Å². The third kappa shape index (κ3) is 3.46. The molecule has 118 valence electrons. The van der Waals surface area contributed by atoms with Crippen molar-refractivity contribution in [1.82, 2.24) is 15.0 Å². The van der Waals surface area contributed by atoms with E-state index in [1.807, 2.05) is 12.1 Å². The number of ether oxygens (including phenoxy) is 1. The van der Waals surface area contributed by atoms with Gasteiger partial charge in [0.15, 0.2) is 5.82 Å². The number of hydrogen-bond acceptors (Lipinski definition) is 6. The highest BCUT2D eigenvalue weighted by molar-refractivity contribution is 5.54. The van der Waals surface area contributed by atoms with Crippen LogP contribution in [0.4, 0.5) is 5.82 Å². The number of nitrogens with zero attached hydrogens (tertiary/aromatic N) is 5. The third-order valence-electron chi connectivity index (χ3n) is 4.05. The summed E-state index contributed by atoms with van der Waals surface area (Å²) in [7, 11) is 1.64. The molecule has 2 aromatic rings. The molecule has 0 saturated carbocycles. The van der Waals surface area contributed by atoms with Gasteiger partial charge in [-0.05, 0) is 31.0 Å². The molecule has 6 heteroatoms. The van der Waals surface area contributed by atoms with Crippen LogP contribution in [-0.4, -0.2) is 35.2 Å². The summed E-state index contributed by atoms with van der Waals surface area (Å²) in [6, 6.07) is 7.81. The average molecular weight is 309 g/mol. The Morgan fingerprint density at radius 1 is 1.35 bits per heavy atom. The van der Waals surface area contributed by atoms with Crippen LogP contribution in [0.15, 0.2) is 30.6 Å². The monoisotopic (exact) mass is 309 g/mol. The van der Waals surface area contributed by atoms with Crippen LogP contribution >= 0.6 is 0 Å². The predicted molar refractivity (Wildman–Crippen MR) is 85.9 cm³/mol. The zero-order valence-corrected chi connectivity index (χ0v) is 13.1. The normalized spacial score (nSPS) is 17.7. The first-order chi connectivity index (χ1) is 11.3. The molecule has 0 spiro atoms. The second kappa shape index (κ2) is 7.16. The molecule has 1 atom stereocenters. The maximum atomic E-state index is 9.28. The summed E-state index contributed by atoms with van der Waals surface area (Å²) in [5, 5.41) is 9.28. The van der Waals surface area contributed by atoms with Crippen molar-refractivity contribution in [2.24, 2.45) is 0 Å². The first-order valence-electron chi connectivity index (χ1n) is 7.72. The van der Waals surface area contributed by atoms with Gasteiger partial charge in [0.05, 0.1) is 5.56 Å². The van der Waals surface area contributed by atoms with E-state index in [0.717, 1.165) is 37.4 Å². The zero-order valence-electron chi connectivity index (χ0n) is 13.1. The van der Waals surface area contributed by atoms with Gasteiger partial charge >= 0.3 is 0 Å². The van der Waals surface area contributed by atoms with E-state index >= 15 is 0 Å². The highest BCUT2D eigenvalue weighted by Gasteiger charge is 2.25. The first-order valence-corrected chi connectivity index (χ1v) is 7.72.